The van der Waals surface area contributed by atoms with Crippen LogP contribution in [0.25, 0.3) is 0 Å². The van der Waals surface area contributed by atoms with Gasteiger partial charge in [-0.1, -0.05) is 55.8 Å². The van der Waals surface area contributed by atoms with Gasteiger partial charge >= 0.3 is 0 Å². The van der Waals surface area contributed by atoms with Gasteiger partial charge in [0.05, 0.1) is 12.2 Å². The zero-order chi connectivity index (χ0) is 31.9. The highest BCUT2D eigenvalue weighted by atomic mass is 19.1. The first-order chi connectivity index (χ1) is 21.4. The van der Waals surface area contributed by atoms with E-state index < -0.39 is 53.1 Å². The number of aliphatic hydroxyl groups is 2. The number of carbonyl (C=O) groups excluding carboxylic acids is 2. The fraction of sp³-hybridized carbons (Fsp3) is 0.514. The third-order valence-corrected chi connectivity index (χ3v) is 12.2. The van der Waals surface area contributed by atoms with Gasteiger partial charge in [-0.2, -0.15) is 0 Å². The second-order valence-electron chi connectivity index (χ2n) is 14.3. The third kappa shape index (κ3) is 4.29. The molecular weight excluding hydrogens is 573 g/mol. The number of anilines is 1. The molecule has 9 atom stereocenters. The Balaban J connectivity index is 1.22. The second-order valence-corrected chi connectivity index (χ2v) is 14.3. The quantitative estimate of drug-likeness (QED) is 0.387. The van der Waals surface area contributed by atoms with Crippen LogP contribution in [0, 0.1) is 41.3 Å². The summed E-state index contributed by atoms with van der Waals surface area (Å²) in [6.45, 7) is 5.14. The van der Waals surface area contributed by atoms with E-state index in [1.165, 1.54) is 0 Å². The Labute approximate surface area is 263 Å². The molecule has 8 heteroatoms. The largest absolute Gasteiger partial charge is 0.399 e. The van der Waals surface area contributed by atoms with Gasteiger partial charge in [0.1, 0.15) is 12.4 Å². The average molecular weight is 616 g/mol. The molecule has 1 saturated heterocycles. The number of hydrogen-bond donors (Lipinski definition) is 3. The van der Waals surface area contributed by atoms with Gasteiger partial charge in [0, 0.05) is 28.0 Å². The smallest absolute Gasteiger partial charge is 0.193 e. The van der Waals surface area contributed by atoms with E-state index in [9.17, 15) is 19.8 Å². The first-order valence-corrected chi connectivity index (χ1v) is 16.2. The zero-order valence-corrected chi connectivity index (χ0v) is 26.1. The molecule has 4 N–H and O–H groups in total. The van der Waals surface area contributed by atoms with Crippen LogP contribution in [-0.4, -0.2) is 46.2 Å². The maximum atomic E-state index is 16.3. The number of rotatable bonds is 6. The SMILES string of the molecule is Cc1ccc(CCc2ccccc2N)c(F)c1[C@H]1O[C@@H]2C[C@H]3[C@@H]4CCC5=CC(=O)C=C[C@]5(C)[C@H]4[C@@H](O)C[C@]3(C)[C@]2(C(=O)CO)O1. The van der Waals surface area contributed by atoms with Crippen molar-refractivity contribution in [2.75, 3.05) is 12.3 Å². The van der Waals surface area contributed by atoms with Gasteiger partial charge in [0.25, 0.3) is 0 Å². The van der Waals surface area contributed by atoms with Gasteiger partial charge in [-0.25, -0.2) is 4.39 Å². The highest BCUT2D eigenvalue weighted by Crippen LogP contribution is 2.70. The summed E-state index contributed by atoms with van der Waals surface area (Å²) < 4.78 is 29.5. The minimum atomic E-state index is -1.54. The third-order valence-electron chi connectivity index (χ3n) is 12.2. The molecule has 45 heavy (non-hydrogen) atoms. The summed E-state index contributed by atoms with van der Waals surface area (Å²) in [7, 11) is 0. The zero-order valence-electron chi connectivity index (χ0n) is 26.1. The Hall–Kier alpha value is -3.17. The van der Waals surface area contributed by atoms with Gasteiger partial charge in [-0.15, -0.1) is 0 Å². The van der Waals surface area contributed by atoms with E-state index in [2.05, 4.69) is 6.92 Å². The summed E-state index contributed by atoms with van der Waals surface area (Å²) in [6.07, 6.45) is 5.90. The topological polar surface area (TPSA) is 119 Å². The molecule has 2 aromatic rings. The highest BCUT2D eigenvalue weighted by molar-refractivity contribution is 6.01. The Morgan fingerprint density at radius 3 is 2.64 bits per heavy atom. The summed E-state index contributed by atoms with van der Waals surface area (Å²) in [4.78, 5) is 26.1. The lowest BCUT2D eigenvalue weighted by Crippen LogP contribution is -2.63. The number of Topliss-reactive ketones (excluding diaryl/α,β-unsaturated/α-hetero) is 1. The van der Waals surface area contributed by atoms with E-state index in [-0.39, 0.29) is 35.5 Å². The summed E-state index contributed by atoms with van der Waals surface area (Å²) in [6, 6.07) is 11.2. The van der Waals surface area contributed by atoms with Crippen LogP contribution < -0.4 is 5.73 Å². The lowest BCUT2D eigenvalue weighted by Gasteiger charge is -2.59. The molecule has 0 unspecified atom stereocenters. The number of fused-ring (bicyclic) bond motifs is 7. The van der Waals surface area contributed by atoms with Crippen molar-refractivity contribution in [2.24, 2.45) is 28.6 Å². The molecule has 7 rings (SSSR count). The van der Waals surface area contributed by atoms with Crippen LogP contribution in [0.1, 0.15) is 68.1 Å². The summed E-state index contributed by atoms with van der Waals surface area (Å²) >= 11 is 0. The highest BCUT2D eigenvalue weighted by Gasteiger charge is 2.76. The van der Waals surface area contributed by atoms with Crippen molar-refractivity contribution in [3.63, 3.8) is 0 Å². The van der Waals surface area contributed by atoms with Crippen LogP contribution >= 0.6 is 0 Å². The van der Waals surface area contributed by atoms with Gasteiger partial charge in [0.2, 0.25) is 0 Å². The lowest BCUT2D eigenvalue weighted by molar-refractivity contribution is -0.201. The van der Waals surface area contributed by atoms with E-state index >= 15 is 4.39 Å². The molecule has 2 aromatic carbocycles. The molecule has 0 aromatic heterocycles. The van der Waals surface area contributed by atoms with Crippen LogP contribution in [0.5, 0.6) is 0 Å². The molecule has 4 aliphatic carbocycles. The minimum Gasteiger partial charge on any atom is -0.399 e. The van der Waals surface area contributed by atoms with Crippen molar-refractivity contribution in [3.05, 3.63) is 88.3 Å². The molecule has 0 spiro atoms. The number of nitrogens with two attached hydrogens (primary N) is 1. The number of halogens is 1. The van der Waals surface area contributed by atoms with Crippen LogP contribution in [0.15, 0.2) is 60.2 Å². The van der Waals surface area contributed by atoms with E-state index in [0.717, 1.165) is 24.0 Å². The normalized spacial score (nSPS) is 38.3. The Morgan fingerprint density at radius 2 is 1.89 bits per heavy atom. The molecular formula is C37H42FNO6. The van der Waals surface area contributed by atoms with E-state index in [1.807, 2.05) is 43.3 Å². The van der Waals surface area contributed by atoms with Gasteiger partial charge in [0.15, 0.2) is 23.5 Å². The van der Waals surface area contributed by atoms with E-state index in [1.54, 1.807) is 25.1 Å². The molecule has 0 radical (unpaired) electrons. The molecule has 5 aliphatic rings. The Bertz CT molecular complexity index is 1630. The van der Waals surface area contributed by atoms with Crippen molar-refractivity contribution >= 4 is 17.3 Å². The predicted molar refractivity (Wildman–Crippen MR) is 166 cm³/mol. The minimum absolute atomic E-state index is 0.0254. The first kappa shape index (κ1) is 30.5. The molecule has 1 aliphatic heterocycles. The monoisotopic (exact) mass is 615 g/mol. The molecule has 0 amide bonds. The van der Waals surface area contributed by atoms with Crippen molar-refractivity contribution in [1.82, 2.24) is 0 Å². The molecule has 0 bridgehead atoms. The number of aryl methyl sites for hydroxylation is 3. The number of benzene rings is 2. The van der Waals surface area contributed by atoms with Crippen molar-refractivity contribution in [3.8, 4) is 0 Å². The second kappa shape index (κ2) is 10.7. The summed E-state index contributed by atoms with van der Waals surface area (Å²) in [5.74, 6) is -1.07. The number of ether oxygens (including phenoxy) is 2. The van der Waals surface area contributed by atoms with Crippen LogP contribution in [0.4, 0.5) is 10.1 Å². The number of aliphatic hydroxyl groups excluding tert-OH is 2. The van der Waals surface area contributed by atoms with Gasteiger partial charge in [-0.3, -0.25) is 9.59 Å². The van der Waals surface area contributed by atoms with Crippen molar-refractivity contribution in [2.45, 2.75) is 83.4 Å². The van der Waals surface area contributed by atoms with E-state index in [4.69, 9.17) is 15.2 Å². The molecule has 1 heterocycles. The predicted octanol–water partition coefficient (Wildman–Crippen LogP) is 5.10. The molecule has 3 saturated carbocycles. The molecule has 238 valence electrons. The standard InChI is InChI=1S/C37H42FNO6/c1-20-8-9-22(11-10-21-6-4-5-7-27(21)39)33(38)31(20)34-44-30-17-26-25-13-12-23-16-24(41)14-15-35(23,2)32(25)28(42)18-36(26,3)37(30,45-34)29(43)19-40/h4-9,14-16,25-26,28,30,32,34,40,42H,10-13,17-19,39H2,1-3H3/t25-,26-,28-,30+,32+,34-,35-,36-,37+/m0/s1. The molecule has 4 fully saturated rings. The fourth-order valence-corrected chi connectivity index (χ4v) is 10.1. The number of allylic oxidation sites excluding steroid dienone is 4. The maximum Gasteiger partial charge on any atom is 0.193 e. The number of ketones is 2. The number of nitrogen functional groups attached to an aromatic ring is 1. The van der Waals surface area contributed by atoms with Gasteiger partial charge in [-0.05, 0) is 92.2 Å². The van der Waals surface area contributed by atoms with Crippen LogP contribution in [-0.2, 0) is 31.9 Å². The first-order valence-electron chi connectivity index (χ1n) is 16.2. The summed E-state index contributed by atoms with van der Waals surface area (Å²) in [5.41, 5.74) is 7.34. The number of hydrogen-bond acceptors (Lipinski definition) is 7. The van der Waals surface area contributed by atoms with Crippen molar-refractivity contribution in [1.29, 1.82) is 0 Å². The fourth-order valence-electron chi connectivity index (χ4n) is 10.1. The molecule has 7 nitrogen and oxygen atoms in total. The van der Waals surface area contributed by atoms with Crippen LogP contribution in [0.3, 0.4) is 0 Å². The lowest BCUT2D eigenvalue weighted by atomic mass is 9.46. The number of para-hydroxylation sites is 1. The van der Waals surface area contributed by atoms with E-state index in [0.29, 0.717) is 36.1 Å². The van der Waals surface area contributed by atoms with Gasteiger partial charge < -0.3 is 25.4 Å². The van der Waals surface area contributed by atoms with Crippen molar-refractivity contribution < 1.29 is 33.7 Å². The summed E-state index contributed by atoms with van der Waals surface area (Å²) in [5, 5.41) is 22.2. The number of carbonyl (C=O) groups is 2. The Morgan fingerprint density at radius 1 is 1.13 bits per heavy atom. The Kier molecular flexibility index (Phi) is 7.24. The van der Waals surface area contributed by atoms with Crippen LogP contribution in [0.2, 0.25) is 0 Å². The maximum absolute atomic E-state index is 16.3. The average Bonchev–Trinajstić information content (AvgIpc) is 3.50.